The molecule has 4 heteroatoms. The molecule has 1 heterocycles. The Balaban J connectivity index is 1.82. The van der Waals surface area contributed by atoms with Gasteiger partial charge in [-0.2, -0.15) is 0 Å². The van der Waals surface area contributed by atoms with E-state index in [9.17, 15) is 9.18 Å². The molecule has 0 unspecified atom stereocenters. The van der Waals surface area contributed by atoms with Gasteiger partial charge in [-0.15, -0.1) is 0 Å². The third kappa shape index (κ3) is 2.67. The first-order chi connectivity index (χ1) is 9.63. The maximum Gasteiger partial charge on any atom is 0.167 e. The number of benzene rings is 2. The third-order valence-corrected chi connectivity index (χ3v) is 4.15. The van der Waals surface area contributed by atoms with E-state index >= 15 is 0 Å². The number of hydrogen-bond acceptors (Lipinski definition) is 2. The van der Waals surface area contributed by atoms with Crippen molar-refractivity contribution in [1.29, 1.82) is 0 Å². The van der Waals surface area contributed by atoms with Gasteiger partial charge in [0.05, 0.1) is 13.2 Å². The lowest BCUT2D eigenvalue weighted by atomic mass is 9.99. The number of hydrogen-bond donors (Lipinski definition) is 0. The van der Waals surface area contributed by atoms with Gasteiger partial charge in [0.25, 0.3) is 0 Å². The molecule has 3 rings (SSSR count). The number of carbonyl (C=O) groups is 1. The number of ether oxygens (including phenoxy) is 1. The largest absolute Gasteiger partial charge is 0.372 e. The number of Topliss-reactive ketones (excluding diaryl/α,β-unsaturated/α-hetero) is 1. The fourth-order valence-corrected chi connectivity index (χ4v) is 2.78. The Hall–Kier alpha value is -1.52. The molecule has 1 aliphatic rings. The Morgan fingerprint density at radius 2 is 1.95 bits per heavy atom. The molecule has 0 atom stereocenters. The summed E-state index contributed by atoms with van der Waals surface area (Å²) < 4.78 is 19.0. The molecular weight excluding hydrogens is 323 g/mol. The van der Waals surface area contributed by atoms with Gasteiger partial charge >= 0.3 is 0 Å². The van der Waals surface area contributed by atoms with Crippen molar-refractivity contribution in [3.8, 4) is 0 Å². The van der Waals surface area contributed by atoms with Crippen LogP contribution in [0.5, 0.6) is 0 Å². The first kappa shape index (κ1) is 13.5. The monoisotopic (exact) mass is 334 g/mol. The van der Waals surface area contributed by atoms with Crippen molar-refractivity contribution < 1.29 is 13.9 Å². The van der Waals surface area contributed by atoms with Crippen LogP contribution in [0.1, 0.15) is 27.0 Å². The average Bonchev–Trinajstić information content (AvgIpc) is 2.89. The lowest BCUT2D eigenvalue weighted by molar-refractivity contribution is 0.0992. The van der Waals surface area contributed by atoms with E-state index in [-0.39, 0.29) is 18.0 Å². The van der Waals surface area contributed by atoms with E-state index in [4.69, 9.17) is 4.74 Å². The maximum atomic E-state index is 13.0. The van der Waals surface area contributed by atoms with Gasteiger partial charge < -0.3 is 4.74 Å². The molecule has 0 aromatic heterocycles. The van der Waals surface area contributed by atoms with Crippen LogP contribution in [0.4, 0.5) is 4.39 Å². The van der Waals surface area contributed by atoms with Crippen molar-refractivity contribution in [3.05, 3.63) is 68.9 Å². The minimum absolute atomic E-state index is 0.0204. The molecule has 0 aliphatic carbocycles. The van der Waals surface area contributed by atoms with Crippen LogP contribution >= 0.6 is 15.9 Å². The normalized spacial score (nSPS) is 13.3. The number of ketones is 1. The van der Waals surface area contributed by atoms with E-state index in [1.165, 1.54) is 12.1 Å². The molecule has 0 radical (unpaired) electrons. The zero-order valence-corrected chi connectivity index (χ0v) is 12.2. The minimum atomic E-state index is -0.317. The molecule has 2 aromatic carbocycles. The minimum Gasteiger partial charge on any atom is -0.372 e. The summed E-state index contributed by atoms with van der Waals surface area (Å²) in [6, 6.07) is 10.0. The van der Waals surface area contributed by atoms with Crippen LogP contribution in [0.3, 0.4) is 0 Å². The topological polar surface area (TPSA) is 26.3 Å². The van der Waals surface area contributed by atoms with Crippen LogP contribution in [0, 0.1) is 5.82 Å². The van der Waals surface area contributed by atoms with Crippen molar-refractivity contribution in [2.45, 2.75) is 19.6 Å². The SMILES string of the molecule is O=C(Cc1ccc(F)cc1Br)c1ccc2c(c1)COC2. The Bertz CT molecular complexity index is 682. The Morgan fingerprint density at radius 1 is 1.15 bits per heavy atom. The van der Waals surface area contributed by atoms with E-state index in [0.29, 0.717) is 23.2 Å². The van der Waals surface area contributed by atoms with Crippen molar-refractivity contribution in [2.24, 2.45) is 0 Å². The standard InChI is InChI=1S/C16H12BrFO2/c17-15-7-14(18)4-3-10(15)6-16(19)11-1-2-12-8-20-9-13(12)5-11/h1-5,7H,6,8-9H2. The number of fused-ring (bicyclic) bond motifs is 1. The highest BCUT2D eigenvalue weighted by Gasteiger charge is 2.15. The Morgan fingerprint density at radius 3 is 2.75 bits per heavy atom. The van der Waals surface area contributed by atoms with Crippen molar-refractivity contribution in [3.63, 3.8) is 0 Å². The molecular formula is C16H12BrFO2. The molecule has 2 nitrogen and oxygen atoms in total. The molecule has 102 valence electrons. The highest BCUT2D eigenvalue weighted by molar-refractivity contribution is 9.10. The molecule has 20 heavy (non-hydrogen) atoms. The maximum absolute atomic E-state index is 13.0. The van der Waals surface area contributed by atoms with Crippen molar-refractivity contribution in [2.75, 3.05) is 0 Å². The number of halogens is 2. The summed E-state index contributed by atoms with van der Waals surface area (Å²) in [5.41, 5.74) is 3.68. The van der Waals surface area contributed by atoms with Crippen LogP contribution in [0.15, 0.2) is 40.9 Å². The highest BCUT2D eigenvalue weighted by atomic mass is 79.9. The second kappa shape index (κ2) is 5.46. The summed E-state index contributed by atoms with van der Waals surface area (Å²) in [5, 5.41) is 0. The van der Waals surface area contributed by atoms with Gasteiger partial charge in [-0.3, -0.25) is 4.79 Å². The summed E-state index contributed by atoms with van der Waals surface area (Å²) in [6.45, 7) is 1.18. The molecule has 1 aliphatic heterocycles. The molecule has 0 saturated heterocycles. The zero-order valence-electron chi connectivity index (χ0n) is 10.7. The molecule has 0 saturated carbocycles. The van der Waals surface area contributed by atoms with Crippen molar-refractivity contribution in [1.82, 2.24) is 0 Å². The van der Waals surface area contributed by atoms with E-state index < -0.39 is 0 Å². The fourth-order valence-electron chi connectivity index (χ4n) is 2.29. The second-order valence-electron chi connectivity index (χ2n) is 4.81. The summed E-state index contributed by atoms with van der Waals surface area (Å²) in [4.78, 5) is 12.3. The van der Waals surface area contributed by atoms with Crippen LogP contribution in [-0.4, -0.2) is 5.78 Å². The van der Waals surface area contributed by atoms with Gasteiger partial charge in [-0.05, 0) is 34.9 Å². The van der Waals surface area contributed by atoms with Gasteiger partial charge in [0, 0.05) is 16.5 Å². The Kier molecular flexibility index (Phi) is 3.68. The summed E-state index contributed by atoms with van der Waals surface area (Å²) in [6.07, 6.45) is 0.251. The average molecular weight is 335 g/mol. The number of carbonyl (C=O) groups excluding carboxylic acids is 1. The van der Waals surface area contributed by atoms with Crippen molar-refractivity contribution >= 4 is 21.7 Å². The smallest absolute Gasteiger partial charge is 0.167 e. The summed E-state index contributed by atoms with van der Waals surface area (Å²) in [5.74, 6) is -0.297. The fraction of sp³-hybridized carbons (Fsp3) is 0.188. The zero-order chi connectivity index (χ0) is 14.1. The highest BCUT2D eigenvalue weighted by Crippen LogP contribution is 2.23. The lowest BCUT2D eigenvalue weighted by Gasteiger charge is -2.06. The lowest BCUT2D eigenvalue weighted by Crippen LogP contribution is -2.05. The molecule has 0 spiro atoms. The first-order valence-corrected chi connectivity index (χ1v) is 7.09. The molecule has 0 bridgehead atoms. The first-order valence-electron chi connectivity index (χ1n) is 6.30. The van der Waals surface area contributed by atoms with E-state index in [2.05, 4.69) is 15.9 Å². The summed E-state index contributed by atoms with van der Waals surface area (Å²) in [7, 11) is 0. The molecule has 0 amide bonds. The van der Waals surface area contributed by atoms with Crippen LogP contribution in [0.2, 0.25) is 0 Å². The van der Waals surface area contributed by atoms with Crippen LogP contribution in [-0.2, 0) is 24.4 Å². The van der Waals surface area contributed by atoms with Crippen LogP contribution < -0.4 is 0 Å². The quantitative estimate of drug-likeness (QED) is 0.791. The van der Waals surface area contributed by atoms with Gasteiger partial charge in [-0.25, -0.2) is 4.39 Å². The van der Waals surface area contributed by atoms with Gasteiger partial charge in [0.1, 0.15) is 5.82 Å². The van der Waals surface area contributed by atoms with Gasteiger partial charge in [-0.1, -0.05) is 34.1 Å². The molecule has 2 aromatic rings. The third-order valence-electron chi connectivity index (χ3n) is 3.41. The molecule has 0 fully saturated rings. The van der Waals surface area contributed by atoms with E-state index in [0.717, 1.165) is 16.7 Å². The Labute approximate surface area is 124 Å². The summed E-state index contributed by atoms with van der Waals surface area (Å²) >= 11 is 3.29. The number of rotatable bonds is 3. The van der Waals surface area contributed by atoms with E-state index in [1.807, 2.05) is 18.2 Å². The van der Waals surface area contributed by atoms with Crippen LogP contribution in [0.25, 0.3) is 0 Å². The van der Waals surface area contributed by atoms with Gasteiger partial charge in [0.15, 0.2) is 5.78 Å². The van der Waals surface area contributed by atoms with Gasteiger partial charge in [0.2, 0.25) is 0 Å². The predicted molar refractivity (Wildman–Crippen MR) is 77.1 cm³/mol. The molecule has 0 N–H and O–H groups in total. The second-order valence-corrected chi connectivity index (χ2v) is 5.67. The predicted octanol–water partition coefficient (Wildman–Crippen LogP) is 4.04. The van der Waals surface area contributed by atoms with E-state index in [1.54, 1.807) is 6.07 Å².